The molecule has 0 bridgehead atoms. The van der Waals surface area contributed by atoms with E-state index < -0.39 is 17.6 Å². The topological polar surface area (TPSA) is 80.2 Å². The van der Waals surface area contributed by atoms with Gasteiger partial charge in [0.15, 0.2) is 0 Å². The lowest BCUT2D eigenvalue weighted by Gasteiger charge is -2.26. The first kappa shape index (κ1) is 21.7. The number of anilines is 1. The molecule has 5 rings (SSSR count). The SMILES string of the molecule is CC(C)n1nc(-c2cnc(N)c(C(F)(F)F)c2)cc1C1[C@H]2CC(N3CC[C@@H](CO)C3)C[C@@H]12. The molecule has 3 fully saturated rings. The Hall–Kier alpha value is -2.13. The number of aromatic nitrogens is 3. The van der Waals surface area contributed by atoms with E-state index in [2.05, 4.69) is 15.0 Å². The lowest BCUT2D eigenvalue weighted by Crippen LogP contribution is -2.33. The van der Waals surface area contributed by atoms with Gasteiger partial charge in [-0.05, 0) is 69.5 Å². The van der Waals surface area contributed by atoms with Crippen molar-refractivity contribution >= 4 is 5.82 Å². The number of aliphatic hydroxyl groups excluding tert-OH is 1. The van der Waals surface area contributed by atoms with Crippen LogP contribution in [0.4, 0.5) is 19.0 Å². The van der Waals surface area contributed by atoms with Gasteiger partial charge in [-0.3, -0.25) is 9.58 Å². The number of pyridine rings is 1. The molecule has 2 saturated carbocycles. The van der Waals surface area contributed by atoms with Crippen molar-refractivity contribution in [3.63, 3.8) is 0 Å². The van der Waals surface area contributed by atoms with Crippen molar-refractivity contribution in [2.24, 2.45) is 17.8 Å². The second-order valence-electron chi connectivity index (χ2n) is 9.96. The lowest BCUT2D eigenvalue weighted by atomic mass is 10.0. The van der Waals surface area contributed by atoms with Crippen LogP contribution in [0.1, 0.15) is 56.3 Å². The molecule has 1 saturated heterocycles. The number of nitrogen functional groups attached to an aromatic ring is 1. The summed E-state index contributed by atoms with van der Waals surface area (Å²) in [5.41, 5.74) is 6.51. The first-order chi connectivity index (χ1) is 15.2. The van der Waals surface area contributed by atoms with Crippen molar-refractivity contribution in [2.45, 2.75) is 57.3 Å². The average molecular weight is 450 g/mol. The highest BCUT2D eigenvalue weighted by atomic mass is 19.4. The van der Waals surface area contributed by atoms with E-state index in [1.807, 2.05) is 24.6 Å². The number of hydrogen-bond acceptors (Lipinski definition) is 5. The number of aliphatic hydroxyl groups is 1. The Kier molecular flexibility index (Phi) is 5.24. The quantitative estimate of drug-likeness (QED) is 0.723. The van der Waals surface area contributed by atoms with Gasteiger partial charge in [0.1, 0.15) is 5.82 Å². The summed E-state index contributed by atoms with van der Waals surface area (Å²) in [5, 5.41) is 14.1. The Labute approximate surface area is 185 Å². The Morgan fingerprint density at radius 3 is 2.53 bits per heavy atom. The van der Waals surface area contributed by atoms with E-state index in [0.717, 1.165) is 44.1 Å². The van der Waals surface area contributed by atoms with Crippen LogP contribution < -0.4 is 5.73 Å². The van der Waals surface area contributed by atoms with Crippen molar-refractivity contribution in [2.75, 3.05) is 25.4 Å². The van der Waals surface area contributed by atoms with Gasteiger partial charge >= 0.3 is 6.18 Å². The van der Waals surface area contributed by atoms with Gasteiger partial charge in [0.2, 0.25) is 0 Å². The van der Waals surface area contributed by atoms with E-state index in [-0.39, 0.29) is 12.6 Å². The fourth-order valence-corrected chi connectivity index (χ4v) is 5.95. The Morgan fingerprint density at radius 1 is 1.22 bits per heavy atom. The number of halogens is 3. The summed E-state index contributed by atoms with van der Waals surface area (Å²) in [5.74, 6) is 1.51. The van der Waals surface area contributed by atoms with Crippen LogP contribution in [-0.4, -0.2) is 50.5 Å². The number of nitrogens with zero attached hydrogens (tertiary/aromatic N) is 4. The van der Waals surface area contributed by atoms with Gasteiger partial charge in [0.05, 0.1) is 11.3 Å². The summed E-state index contributed by atoms with van der Waals surface area (Å²) < 4.78 is 41.9. The molecule has 0 amide bonds. The summed E-state index contributed by atoms with van der Waals surface area (Å²) in [6, 6.07) is 3.70. The van der Waals surface area contributed by atoms with Gasteiger partial charge in [-0.15, -0.1) is 0 Å². The summed E-state index contributed by atoms with van der Waals surface area (Å²) in [4.78, 5) is 6.31. The van der Waals surface area contributed by atoms with Crippen LogP contribution in [-0.2, 0) is 6.18 Å². The maximum atomic E-state index is 13.3. The smallest absolute Gasteiger partial charge is 0.396 e. The molecule has 3 aliphatic rings. The monoisotopic (exact) mass is 449 g/mol. The van der Waals surface area contributed by atoms with E-state index in [1.54, 1.807) is 0 Å². The Morgan fingerprint density at radius 2 is 1.94 bits per heavy atom. The third-order valence-corrected chi connectivity index (χ3v) is 7.63. The maximum Gasteiger partial charge on any atom is 0.419 e. The molecule has 0 aromatic carbocycles. The third-order valence-electron chi connectivity index (χ3n) is 7.63. The van der Waals surface area contributed by atoms with Gasteiger partial charge in [-0.2, -0.15) is 18.3 Å². The molecule has 2 aromatic heterocycles. The molecule has 0 spiro atoms. The summed E-state index contributed by atoms with van der Waals surface area (Å²) in [6.45, 7) is 6.42. The molecule has 32 heavy (non-hydrogen) atoms. The number of likely N-dealkylation sites (tertiary alicyclic amines) is 1. The number of nitrogens with two attached hydrogens (primary N) is 1. The second-order valence-corrected chi connectivity index (χ2v) is 9.96. The minimum Gasteiger partial charge on any atom is -0.396 e. The Bertz CT molecular complexity index is 992. The van der Waals surface area contributed by atoms with Crippen LogP contribution in [0.15, 0.2) is 18.3 Å². The van der Waals surface area contributed by atoms with E-state index >= 15 is 0 Å². The maximum absolute atomic E-state index is 13.3. The fraction of sp³-hybridized carbons (Fsp3) is 0.652. The molecular formula is C23H30F3N5O. The summed E-state index contributed by atoms with van der Waals surface area (Å²) >= 11 is 0. The zero-order chi connectivity index (χ0) is 22.8. The molecule has 2 unspecified atom stereocenters. The summed E-state index contributed by atoms with van der Waals surface area (Å²) in [6.07, 6.45) is 0.187. The van der Waals surface area contributed by atoms with E-state index in [9.17, 15) is 18.3 Å². The van der Waals surface area contributed by atoms with Crippen molar-refractivity contribution in [3.8, 4) is 11.3 Å². The molecule has 6 nitrogen and oxygen atoms in total. The van der Waals surface area contributed by atoms with Gasteiger partial charge in [-0.1, -0.05) is 0 Å². The first-order valence-electron chi connectivity index (χ1n) is 11.4. The largest absolute Gasteiger partial charge is 0.419 e. The number of hydrogen-bond donors (Lipinski definition) is 2. The van der Waals surface area contributed by atoms with Crippen LogP contribution in [0.2, 0.25) is 0 Å². The third kappa shape index (κ3) is 3.69. The molecule has 2 aliphatic carbocycles. The number of rotatable bonds is 5. The van der Waals surface area contributed by atoms with Crippen LogP contribution in [0.5, 0.6) is 0 Å². The van der Waals surface area contributed by atoms with Gasteiger partial charge in [-0.25, -0.2) is 4.98 Å². The predicted octanol–water partition coefficient (Wildman–Crippen LogP) is 3.93. The number of fused-ring (bicyclic) bond motifs is 1. The molecule has 2 aromatic rings. The van der Waals surface area contributed by atoms with E-state index in [0.29, 0.717) is 41.0 Å². The fourth-order valence-electron chi connectivity index (χ4n) is 5.95. The van der Waals surface area contributed by atoms with Crippen LogP contribution in [0.3, 0.4) is 0 Å². The standard InChI is InChI=1S/C23H30F3N5O/c1-12(2)31-20(8-19(29-31)14-5-18(23(24,25)26)22(27)28-9-14)21-16-6-15(7-17(16)21)30-4-3-13(10-30)11-32/h5,8-9,12-13,15-17,21,32H,3-4,6-7,10-11H2,1-2H3,(H2,27,28)/t13-,15?,16-,17+,21?/m1/s1. The molecule has 3 heterocycles. The highest BCUT2D eigenvalue weighted by molar-refractivity contribution is 5.63. The molecule has 174 valence electrons. The lowest BCUT2D eigenvalue weighted by molar-refractivity contribution is -0.137. The van der Waals surface area contributed by atoms with Crippen molar-refractivity contribution in [3.05, 3.63) is 29.6 Å². The molecule has 1 aliphatic heterocycles. The van der Waals surface area contributed by atoms with Crippen LogP contribution in [0.25, 0.3) is 11.3 Å². The molecule has 5 atom stereocenters. The van der Waals surface area contributed by atoms with Crippen molar-refractivity contribution in [1.82, 2.24) is 19.7 Å². The molecular weight excluding hydrogens is 419 g/mol. The van der Waals surface area contributed by atoms with Crippen LogP contribution in [0, 0.1) is 17.8 Å². The van der Waals surface area contributed by atoms with E-state index in [4.69, 9.17) is 5.73 Å². The second kappa shape index (κ2) is 7.73. The van der Waals surface area contributed by atoms with Crippen LogP contribution >= 0.6 is 0 Å². The van der Waals surface area contributed by atoms with Crippen molar-refractivity contribution < 1.29 is 18.3 Å². The first-order valence-corrected chi connectivity index (χ1v) is 11.4. The van der Waals surface area contributed by atoms with Gasteiger partial charge in [0.25, 0.3) is 0 Å². The number of alkyl halides is 3. The minimum atomic E-state index is -4.55. The highest BCUT2D eigenvalue weighted by Gasteiger charge is 2.59. The van der Waals surface area contributed by atoms with E-state index in [1.165, 1.54) is 6.20 Å². The average Bonchev–Trinajstić information content (AvgIpc) is 3.22. The zero-order valence-corrected chi connectivity index (χ0v) is 18.4. The minimum absolute atomic E-state index is 0.114. The Balaban J connectivity index is 1.36. The summed E-state index contributed by atoms with van der Waals surface area (Å²) in [7, 11) is 0. The molecule has 3 N–H and O–H groups in total. The highest BCUT2D eigenvalue weighted by Crippen LogP contribution is 2.64. The molecule has 0 radical (unpaired) electrons. The predicted molar refractivity (Wildman–Crippen MR) is 115 cm³/mol. The normalized spacial score (nSPS) is 30.3. The van der Waals surface area contributed by atoms with Gasteiger partial charge < -0.3 is 10.8 Å². The van der Waals surface area contributed by atoms with Gasteiger partial charge in [0, 0.05) is 48.6 Å². The zero-order valence-electron chi connectivity index (χ0n) is 18.4. The molecule has 9 heteroatoms. The van der Waals surface area contributed by atoms with Crippen molar-refractivity contribution in [1.29, 1.82) is 0 Å².